The molecule has 11 nitrogen and oxygen atoms in total. The minimum atomic E-state index is -3.86. The fraction of sp³-hybridized carbons (Fsp3) is 0.240. The lowest BCUT2D eigenvalue weighted by Crippen LogP contribution is -2.47. The molecule has 14 heteroatoms. The highest BCUT2D eigenvalue weighted by Crippen LogP contribution is 2.35. The first-order chi connectivity index (χ1) is 18.6. The van der Waals surface area contributed by atoms with Gasteiger partial charge in [0.1, 0.15) is 28.8 Å². The number of carbonyl (C=O) groups is 1. The van der Waals surface area contributed by atoms with Crippen LogP contribution in [0.4, 0.5) is 20.2 Å². The normalized spacial score (nSPS) is 14.5. The Labute approximate surface area is 222 Å². The summed E-state index contributed by atoms with van der Waals surface area (Å²) in [6, 6.07) is 8.25. The number of methoxy groups -OCH3 is 1. The predicted molar refractivity (Wildman–Crippen MR) is 141 cm³/mol. The van der Waals surface area contributed by atoms with Crippen LogP contribution in [0, 0.1) is 11.6 Å². The molecule has 2 aromatic heterocycles. The molecule has 1 aliphatic heterocycles. The van der Waals surface area contributed by atoms with Crippen molar-refractivity contribution in [2.75, 3.05) is 30.4 Å². The number of benzene rings is 2. The highest BCUT2D eigenvalue weighted by molar-refractivity contribution is 7.87. The van der Waals surface area contributed by atoms with Crippen molar-refractivity contribution >= 4 is 33.1 Å². The summed E-state index contributed by atoms with van der Waals surface area (Å²) >= 11 is 0. The maximum atomic E-state index is 15.0. The third-order valence-electron chi connectivity index (χ3n) is 6.42. The number of nitrogens with two attached hydrogens (primary N) is 1. The number of aromatic nitrogens is 3. The molecule has 0 aliphatic carbocycles. The van der Waals surface area contributed by atoms with Crippen molar-refractivity contribution in [2.45, 2.75) is 18.9 Å². The third-order valence-corrected chi connectivity index (χ3v) is 7.08. The Kier molecular flexibility index (Phi) is 7.16. The van der Waals surface area contributed by atoms with Crippen molar-refractivity contribution in [1.82, 2.24) is 19.1 Å². The van der Waals surface area contributed by atoms with E-state index >= 15 is 4.39 Å². The Morgan fingerprint density at radius 3 is 2.56 bits per heavy atom. The number of amides is 1. The number of anilines is 2. The zero-order valence-corrected chi connectivity index (χ0v) is 21.6. The summed E-state index contributed by atoms with van der Waals surface area (Å²) in [7, 11) is -2.46. The first-order valence-corrected chi connectivity index (χ1v) is 13.5. The molecular formula is C25H25F2N7O4S. The van der Waals surface area contributed by atoms with Gasteiger partial charge in [-0.3, -0.25) is 4.79 Å². The van der Waals surface area contributed by atoms with E-state index in [-0.39, 0.29) is 40.1 Å². The number of carbonyl (C=O) groups excluding carboxylic acids is 1. The molecule has 204 valence electrons. The second-order valence-electron chi connectivity index (χ2n) is 8.96. The van der Waals surface area contributed by atoms with Crippen LogP contribution in [0.2, 0.25) is 0 Å². The van der Waals surface area contributed by atoms with E-state index in [1.807, 2.05) is 0 Å². The van der Waals surface area contributed by atoms with Crippen LogP contribution in [0.1, 0.15) is 23.3 Å². The summed E-state index contributed by atoms with van der Waals surface area (Å²) in [5.41, 5.74) is 0.777. The number of hydrogen-bond donors (Lipinski definition) is 3. The van der Waals surface area contributed by atoms with Gasteiger partial charge in [0.05, 0.1) is 24.0 Å². The summed E-state index contributed by atoms with van der Waals surface area (Å²) in [6.07, 6.45) is 5.32. The standard InChI is InChI=1S/C25H25F2N7O4S/c1-38-20-7-3-4-16(26)21(20)22-24-29-10-13-34(24)14-19(30-22)25(35)31-18-6-2-5-17(27)23(18)33-11-8-15(9-12-33)32-39(28,36)37/h2-7,10,13-15,32H,8-9,11-12H2,1H3,(H,31,35)(H2,28,36,37). The molecular weight excluding hydrogens is 532 g/mol. The number of nitrogens with one attached hydrogen (secondary N) is 2. The lowest BCUT2D eigenvalue weighted by atomic mass is 10.0. The monoisotopic (exact) mass is 557 g/mol. The second-order valence-corrected chi connectivity index (χ2v) is 10.3. The lowest BCUT2D eigenvalue weighted by Gasteiger charge is -2.34. The SMILES string of the molecule is COc1cccc(F)c1-c1nc(C(=O)Nc2cccc(F)c2N2CCC(NS(N)(=O)=O)CC2)cn2ccnc12. The van der Waals surface area contributed by atoms with Crippen molar-refractivity contribution in [3.8, 4) is 17.0 Å². The fourth-order valence-electron chi connectivity index (χ4n) is 4.69. The predicted octanol–water partition coefficient (Wildman–Crippen LogP) is 2.70. The summed E-state index contributed by atoms with van der Waals surface area (Å²) < 4.78 is 61.9. The number of halogens is 2. The van der Waals surface area contributed by atoms with Crippen molar-refractivity contribution in [3.63, 3.8) is 0 Å². The van der Waals surface area contributed by atoms with Gasteiger partial charge in [0.15, 0.2) is 5.65 Å². The van der Waals surface area contributed by atoms with Gasteiger partial charge in [-0.05, 0) is 37.1 Å². The molecule has 3 heterocycles. The Bertz CT molecular complexity index is 1650. The van der Waals surface area contributed by atoms with E-state index in [1.165, 1.54) is 43.8 Å². The van der Waals surface area contributed by atoms with E-state index in [9.17, 15) is 17.6 Å². The van der Waals surface area contributed by atoms with E-state index in [2.05, 4.69) is 20.0 Å². The maximum Gasteiger partial charge on any atom is 0.275 e. The number of piperidine rings is 1. The van der Waals surface area contributed by atoms with Crippen LogP contribution in [0.25, 0.3) is 16.9 Å². The molecule has 0 radical (unpaired) electrons. The first kappa shape index (κ1) is 26.5. The van der Waals surface area contributed by atoms with E-state index in [0.29, 0.717) is 31.6 Å². The summed E-state index contributed by atoms with van der Waals surface area (Å²) in [5, 5.41) is 7.79. The van der Waals surface area contributed by atoms with Crippen LogP contribution in [-0.2, 0) is 10.2 Å². The molecule has 4 N–H and O–H groups in total. The lowest BCUT2D eigenvalue weighted by molar-refractivity contribution is 0.102. The maximum absolute atomic E-state index is 15.0. The van der Waals surface area contributed by atoms with Gasteiger partial charge in [-0.1, -0.05) is 12.1 Å². The zero-order chi connectivity index (χ0) is 27.7. The second kappa shape index (κ2) is 10.6. The van der Waals surface area contributed by atoms with Crippen LogP contribution in [0.15, 0.2) is 55.0 Å². The van der Waals surface area contributed by atoms with E-state index < -0.39 is 27.8 Å². The molecule has 5 rings (SSSR count). The van der Waals surface area contributed by atoms with Crippen molar-refractivity contribution in [2.24, 2.45) is 5.14 Å². The van der Waals surface area contributed by atoms with Gasteiger partial charge >= 0.3 is 0 Å². The van der Waals surface area contributed by atoms with Gasteiger partial charge in [0, 0.05) is 37.7 Å². The van der Waals surface area contributed by atoms with Gasteiger partial charge in [-0.2, -0.15) is 13.1 Å². The number of rotatable bonds is 7. The Morgan fingerprint density at radius 1 is 1.13 bits per heavy atom. The molecule has 0 bridgehead atoms. The van der Waals surface area contributed by atoms with E-state index in [1.54, 1.807) is 27.6 Å². The molecule has 1 fully saturated rings. The number of fused-ring (bicyclic) bond motifs is 1. The molecule has 0 saturated carbocycles. The number of imidazole rings is 1. The zero-order valence-electron chi connectivity index (χ0n) is 20.8. The van der Waals surface area contributed by atoms with Crippen LogP contribution < -0.4 is 24.8 Å². The molecule has 2 aromatic carbocycles. The molecule has 0 atom stereocenters. The number of ether oxygens (including phenoxy) is 1. The number of nitrogens with zero attached hydrogens (tertiary/aromatic N) is 4. The van der Waals surface area contributed by atoms with Gasteiger partial charge < -0.3 is 19.4 Å². The van der Waals surface area contributed by atoms with Crippen LogP contribution in [0.5, 0.6) is 5.75 Å². The Balaban J connectivity index is 1.46. The highest BCUT2D eigenvalue weighted by atomic mass is 32.2. The minimum absolute atomic E-state index is 0.0493. The topological polar surface area (TPSA) is 144 Å². The quantitative estimate of drug-likeness (QED) is 0.317. The van der Waals surface area contributed by atoms with Crippen LogP contribution >= 0.6 is 0 Å². The molecule has 0 spiro atoms. The van der Waals surface area contributed by atoms with Crippen molar-refractivity contribution in [3.05, 3.63) is 72.3 Å². The molecule has 4 aromatic rings. The van der Waals surface area contributed by atoms with Crippen LogP contribution in [0.3, 0.4) is 0 Å². The average molecular weight is 558 g/mol. The molecule has 39 heavy (non-hydrogen) atoms. The van der Waals surface area contributed by atoms with E-state index in [0.717, 1.165) is 0 Å². The average Bonchev–Trinajstić information content (AvgIpc) is 3.37. The molecule has 1 amide bonds. The largest absolute Gasteiger partial charge is 0.496 e. The Morgan fingerprint density at radius 2 is 1.85 bits per heavy atom. The summed E-state index contributed by atoms with van der Waals surface area (Å²) in [4.78, 5) is 23.8. The first-order valence-electron chi connectivity index (χ1n) is 12.0. The smallest absolute Gasteiger partial charge is 0.275 e. The fourth-order valence-corrected chi connectivity index (χ4v) is 5.39. The van der Waals surface area contributed by atoms with E-state index in [4.69, 9.17) is 9.88 Å². The number of para-hydroxylation sites is 1. The van der Waals surface area contributed by atoms with Crippen molar-refractivity contribution < 1.29 is 26.7 Å². The minimum Gasteiger partial charge on any atom is -0.496 e. The van der Waals surface area contributed by atoms with Crippen LogP contribution in [-0.4, -0.2) is 54.9 Å². The van der Waals surface area contributed by atoms with Gasteiger partial charge in [0.2, 0.25) is 0 Å². The summed E-state index contributed by atoms with van der Waals surface area (Å²) in [6.45, 7) is 0.654. The summed E-state index contributed by atoms with van der Waals surface area (Å²) in [5.74, 6) is -1.59. The highest BCUT2D eigenvalue weighted by Gasteiger charge is 2.27. The van der Waals surface area contributed by atoms with Crippen molar-refractivity contribution in [1.29, 1.82) is 0 Å². The Hall–Kier alpha value is -4.14. The van der Waals surface area contributed by atoms with Gasteiger partial charge in [-0.25, -0.2) is 23.9 Å². The number of hydrogen-bond acceptors (Lipinski definition) is 7. The van der Waals surface area contributed by atoms with Gasteiger partial charge in [0.25, 0.3) is 16.1 Å². The van der Waals surface area contributed by atoms with Gasteiger partial charge in [-0.15, -0.1) is 0 Å². The third kappa shape index (κ3) is 5.53. The molecule has 0 unspecified atom stereocenters. The molecule has 1 aliphatic rings. The molecule has 1 saturated heterocycles.